The van der Waals surface area contributed by atoms with Gasteiger partial charge in [0.1, 0.15) is 17.2 Å². The third-order valence-electron chi connectivity index (χ3n) is 1.52. The number of ether oxygens (including phenoxy) is 1. The van der Waals surface area contributed by atoms with Crippen molar-refractivity contribution in [2.75, 3.05) is 0 Å². The molecule has 0 saturated carbocycles. The summed E-state index contributed by atoms with van der Waals surface area (Å²) in [5.74, 6) is 2.33. The van der Waals surface area contributed by atoms with Gasteiger partial charge in [0.2, 0.25) is 0 Å². The monoisotopic (exact) mass is 192 g/mol. The lowest BCUT2D eigenvalue weighted by atomic mass is 10.1. The third kappa shape index (κ3) is 2.77. The van der Waals surface area contributed by atoms with E-state index in [9.17, 15) is 4.39 Å². The molecule has 0 bridgehead atoms. The molecule has 0 N–H and O–H groups in total. The minimum Gasteiger partial charge on any atom is -0.488 e. The summed E-state index contributed by atoms with van der Waals surface area (Å²) in [5.41, 5.74) is -0.0735. The van der Waals surface area contributed by atoms with Crippen LogP contribution in [0.5, 0.6) is 5.75 Å². The van der Waals surface area contributed by atoms with Gasteiger partial charge in [0, 0.05) is 6.07 Å². The summed E-state index contributed by atoms with van der Waals surface area (Å²) < 4.78 is 18.7. The van der Waals surface area contributed by atoms with Crippen LogP contribution in [-0.2, 0) is 0 Å². The second kappa shape index (κ2) is 3.71. The highest BCUT2D eigenvalue weighted by atomic mass is 19.1. The molecule has 14 heavy (non-hydrogen) atoms. The van der Waals surface area contributed by atoms with E-state index in [1.54, 1.807) is 6.07 Å². The van der Waals surface area contributed by atoms with Crippen LogP contribution in [0, 0.1) is 18.2 Å². The van der Waals surface area contributed by atoms with Gasteiger partial charge in [0.05, 0.1) is 5.56 Å². The Labute approximate surface area is 83.9 Å². The van der Waals surface area contributed by atoms with Crippen LogP contribution in [0.15, 0.2) is 18.2 Å². The molecule has 0 unspecified atom stereocenters. The summed E-state index contributed by atoms with van der Waals surface area (Å²) >= 11 is 0. The van der Waals surface area contributed by atoms with Crippen LogP contribution in [0.2, 0.25) is 0 Å². The molecule has 0 radical (unpaired) electrons. The second-order valence-corrected chi connectivity index (χ2v) is 4.00. The van der Waals surface area contributed by atoms with Crippen molar-refractivity contribution < 1.29 is 9.13 Å². The fourth-order valence-electron chi connectivity index (χ4n) is 1.03. The highest BCUT2D eigenvalue weighted by Gasteiger charge is 2.12. The number of hydrogen-bond acceptors (Lipinski definition) is 1. The predicted molar refractivity (Wildman–Crippen MR) is 54.7 cm³/mol. The van der Waals surface area contributed by atoms with Crippen LogP contribution in [0.4, 0.5) is 4.39 Å². The maximum atomic E-state index is 13.2. The van der Waals surface area contributed by atoms with Crippen molar-refractivity contribution in [1.82, 2.24) is 0 Å². The van der Waals surface area contributed by atoms with E-state index in [4.69, 9.17) is 11.2 Å². The first kappa shape index (κ1) is 10.6. The summed E-state index contributed by atoms with van der Waals surface area (Å²) in [7, 11) is 0. The minimum atomic E-state index is -0.422. The van der Waals surface area contributed by atoms with Crippen molar-refractivity contribution >= 4 is 0 Å². The first-order valence-electron chi connectivity index (χ1n) is 4.37. The van der Waals surface area contributed by atoms with Crippen molar-refractivity contribution in [3.8, 4) is 18.1 Å². The molecule has 1 aromatic rings. The van der Waals surface area contributed by atoms with E-state index in [0.29, 0.717) is 5.75 Å². The van der Waals surface area contributed by atoms with E-state index in [-0.39, 0.29) is 11.2 Å². The second-order valence-electron chi connectivity index (χ2n) is 4.00. The Hall–Kier alpha value is -1.49. The van der Waals surface area contributed by atoms with E-state index >= 15 is 0 Å². The molecule has 0 heterocycles. The minimum absolute atomic E-state index is 0.256. The first-order valence-corrected chi connectivity index (χ1v) is 4.37. The first-order chi connectivity index (χ1) is 6.42. The fourth-order valence-corrected chi connectivity index (χ4v) is 1.03. The van der Waals surface area contributed by atoms with Gasteiger partial charge in [0.25, 0.3) is 0 Å². The molecule has 1 aromatic carbocycles. The largest absolute Gasteiger partial charge is 0.488 e. The molecule has 0 aliphatic heterocycles. The van der Waals surface area contributed by atoms with Crippen molar-refractivity contribution in [3.05, 3.63) is 29.6 Å². The number of benzene rings is 1. The van der Waals surface area contributed by atoms with E-state index < -0.39 is 5.82 Å². The maximum absolute atomic E-state index is 13.2. The molecule has 0 atom stereocenters. The summed E-state index contributed by atoms with van der Waals surface area (Å²) in [6, 6.07) is 4.51. The standard InChI is InChI=1S/C12H13FO/c1-5-9-6-7-10(8-11(9)13)14-12(2,3)4/h1,6-8H,2-4H3. The Balaban J connectivity index is 2.94. The zero-order chi connectivity index (χ0) is 10.8. The van der Waals surface area contributed by atoms with Crippen molar-refractivity contribution in [2.45, 2.75) is 26.4 Å². The average molecular weight is 192 g/mol. The topological polar surface area (TPSA) is 9.23 Å². The van der Waals surface area contributed by atoms with Crippen molar-refractivity contribution in [2.24, 2.45) is 0 Å². The van der Waals surface area contributed by atoms with Gasteiger partial charge < -0.3 is 4.74 Å². The smallest absolute Gasteiger partial charge is 0.142 e. The van der Waals surface area contributed by atoms with Crippen molar-refractivity contribution in [1.29, 1.82) is 0 Å². The lowest BCUT2D eigenvalue weighted by Gasteiger charge is -2.21. The Bertz CT molecular complexity index is 369. The Morgan fingerprint density at radius 3 is 2.43 bits per heavy atom. The van der Waals surface area contributed by atoms with Crippen molar-refractivity contribution in [3.63, 3.8) is 0 Å². The molecule has 0 aliphatic carbocycles. The molecular formula is C12H13FO. The third-order valence-corrected chi connectivity index (χ3v) is 1.52. The molecule has 0 spiro atoms. The van der Waals surface area contributed by atoms with Crippen LogP contribution in [0.1, 0.15) is 26.3 Å². The molecule has 1 rings (SSSR count). The quantitative estimate of drug-likeness (QED) is 0.621. The predicted octanol–water partition coefficient (Wildman–Crippen LogP) is 2.98. The fraction of sp³-hybridized carbons (Fsp3) is 0.333. The number of halogens is 1. The normalized spacial score (nSPS) is 10.8. The van der Waals surface area contributed by atoms with Gasteiger partial charge in [-0.3, -0.25) is 0 Å². The maximum Gasteiger partial charge on any atom is 0.142 e. The molecule has 0 aromatic heterocycles. The summed E-state index contributed by atoms with van der Waals surface area (Å²) in [6.07, 6.45) is 5.10. The van der Waals surface area contributed by atoms with Crippen LogP contribution in [0.25, 0.3) is 0 Å². The molecule has 0 amide bonds. The van der Waals surface area contributed by atoms with Crippen LogP contribution >= 0.6 is 0 Å². The molecule has 0 aliphatic rings. The van der Waals surface area contributed by atoms with Crippen LogP contribution in [0.3, 0.4) is 0 Å². The number of hydrogen-bond donors (Lipinski definition) is 0. The number of rotatable bonds is 1. The van der Waals surface area contributed by atoms with E-state index in [2.05, 4.69) is 5.92 Å². The molecule has 74 valence electrons. The molecular weight excluding hydrogens is 179 g/mol. The summed E-state index contributed by atoms with van der Waals surface area (Å²) in [6.45, 7) is 5.71. The van der Waals surface area contributed by atoms with Crippen LogP contribution < -0.4 is 4.74 Å². The zero-order valence-corrected chi connectivity index (χ0v) is 8.60. The van der Waals surface area contributed by atoms with E-state index in [1.165, 1.54) is 12.1 Å². The molecule has 0 fully saturated rings. The van der Waals surface area contributed by atoms with E-state index in [0.717, 1.165) is 0 Å². The Kier molecular flexibility index (Phi) is 2.81. The van der Waals surface area contributed by atoms with Gasteiger partial charge in [-0.05, 0) is 32.9 Å². The SMILES string of the molecule is C#Cc1ccc(OC(C)(C)C)cc1F. The number of terminal acetylenes is 1. The molecule has 1 nitrogen and oxygen atoms in total. The van der Waals surface area contributed by atoms with Crippen LogP contribution in [-0.4, -0.2) is 5.60 Å². The van der Waals surface area contributed by atoms with Gasteiger partial charge in [-0.2, -0.15) is 0 Å². The molecule has 0 saturated heterocycles. The average Bonchev–Trinajstić information content (AvgIpc) is 2.01. The van der Waals surface area contributed by atoms with Gasteiger partial charge in [-0.15, -0.1) is 6.42 Å². The highest BCUT2D eigenvalue weighted by Crippen LogP contribution is 2.20. The van der Waals surface area contributed by atoms with Gasteiger partial charge in [-0.1, -0.05) is 5.92 Å². The van der Waals surface area contributed by atoms with Gasteiger partial charge in [-0.25, -0.2) is 4.39 Å². The lowest BCUT2D eigenvalue weighted by molar-refractivity contribution is 0.130. The van der Waals surface area contributed by atoms with Gasteiger partial charge in [0.15, 0.2) is 0 Å². The highest BCUT2D eigenvalue weighted by molar-refractivity contribution is 5.38. The Morgan fingerprint density at radius 2 is 2.00 bits per heavy atom. The zero-order valence-electron chi connectivity index (χ0n) is 8.60. The van der Waals surface area contributed by atoms with Gasteiger partial charge >= 0.3 is 0 Å². The summed E-state index contributed by atoms with van der Waals surface area (Å²) in [5, 5.41) is 0. The molecule has 2 heteroatoms. The summed E-state index contributed by atoms with van der Waals surface area (Å²) in [4.78, 5) is 0. The lowest BCUT2D eigenvalue weighted by Crippen LogP contribution is -2.22. The van der Waals surface area contributed by atoms with E-state index in [1.807, 2.05) is 20.8 Å². The Morgan fingerprint density at radius 1 is 1.36 bits per heavy atom.